The highest BCUT2D eigenvalue weighted by Gasteiger charge is 2.35. The lowest BCUT2D eigenvalue weighted by atomic mass is 10.3. The molecule has 1 aliphatic rings. The van der Waals surface area contributed by atoms with E-state index < -0.39 is 10.0 Å². The van der Waals surface area contributed by atoms with Gasteiger partial charge in [0.05, 0.1) is 31.7 Å². The van der Waals surface area contributed by atoms with Gasteiger partial charge in [-0.3, -0.25) is 4.79 Å². The van der Waals surface area contributed by atoms with Crippen LogP contribution in [0.25, 0.3) is 0 Å². The van der Waals surface area contributed by atoms with Gasteiger partial charge in [-0.25, -0.2) is 8.42 Å². The zero-order valence-corrected chi connectivity index (χ0v) is 18.5. The Labute approximate surface area is 178 Å². The number of carbonyl (C=O) groups excluding carboxylic acids is 1. The van der Waals surface area contributed by atoms with Crippen LogP contribution < -0.4 is 4.74 Å². The van der Waals surface area contributed by atoms with Gasteiger partial charge in [0.25, 0.3) is 0 Å². The molecule has 1 aliphatic carbocycles. The number of rotatable bonds is 11. The molecule has 3 rings (SSSR count). The van der Waals surface area contributed by atoms with E-state index in [1.807, 2.05) is 29.9 Å². The largest absolute Gasteiger partial charge is 0.497 e. The molecule has 0 radical (unpaired) electrons. The minimum atomic E-state index is -3.86. The molecule has 1 amide bonds. The van der Waals surface area contributed by atoms with Gasteiger partial charge in [0.2, 0.25) is 15.9 Å². The molecule has 1 saturated carbocycles. The summed E-state index contributed by atoms with van der Waals surface area (Å²) < 4.78 is 39.8. The number of methoxy groups -OCH3 is 2. The van der Waals surface area contributed by atoms with Crippen molar-refractivity contribution >= 4 is 15.9 Å². The number of benzene rings is 1. The number of aryl methyl sites for hydroxylation is 1. The van der Waals surface area contributed by atoms with Crippen molar-refractivity contribution in [3.05, 3.63) is 48.3 Å². The minimum absolute atomic E-state index is 0.0965. The second-order valence-corrected chi connectivity index (χ2v) is 9.31. The number of hydrogen-bond donors (Lipinski definition) is 0. The molecule has 0 N–H and O–H groups in total. The smallest absolute Gasteiger partial charge is 0.243 e. The van der Waals surface area contributed by atoms with E-state index in [-0.39, 0.29) is 36.5 Å². The number of sulfonamides is 1. The number of nitrogens with zero attached hydrogens (tertiary/aromatic N) is 3. The quantitative estimate of drug-likeness (QED) is 0.538. The maximum atomic E-state index is 13.2. The van der Waals surface area contributed by atoms with Gasteiger partial charge in [-0.2, -0.15) is 4.31 Å². The first-order valence-corrected chi connectivity index (χ1v) is 11.3. The molecule has 164 valence electrons. The number of aromatic nitrogens is 1. The Kier molecular flexibility index (Phi) is 7.17. The predicted molar refractivity (Wildman–Crippen MR) is 113 cm³/mol. The fourth-order valence-corrected chi connectivity index (χ4v) is 4.63. The van der Waals surface area contributed by atoms with Crippen molar-refractivity contribution in [2.45, 2.75) is 30.3 Å². The standard InChI is InChI=1S/C21H29N3O5S/c1-22-12-4-5-18(22)15-24(17-6-7-17)21(25)16-23(13-14-28-2)30(26,27)20-10-8-19(29-3)9-11-20/h4-5,8-12,17H,6-7,13-16H2,1-3H3. The van der Waals surface area contributed by atoms with Gasteiger partial charge in [0, 0.05) is 38.6 Å². The van der Waals surface area contributed by atoms with Crippen LogP contribution in [-0.2, 0) is 33.1 Å². The van der Waals surface area contributed by atoms with E-state index in [4.69, 9.17) is 9.47 Å². The third-order valence-corrected chi connectivity index (χ3v) is 7.10. The number of amides is 1. The zero-order chi connectivity index (χ0) is 21.7. The number of ether oxygens (including phenoxy) is 2. The lowest BCUT2D eigenvalue weighted by Gasteiger charge is -2.27. The highest BCUT2D eigenvalue weighted by molar-refractivity contribution is 7.89. The van der Waals surface area contributed by atoms with E-state index in [2.05, 4.69) is 0 Å². The van der Waals surface area contributed by atoms with E-state index in [1.54, 1.807) is 17.0 Å². The molecule has 0 aliphatic heterocycles. The fourth-order valence-electron chi connectivity index (χ4n) is 3.26. The Morgan fingerprint density at radius 2 is 1.87 bits per heavy atom. The lowest BCUT2D eigenvalue weighted by molar-refractivity contribution is -0.132. The Bertz CT molecular complexity index is 951. The lowest BCUT2D eigenvalue weighted by Crippen LogP contribution is -2.44. The first-order chi connectivity index (χ1) is 14.4. The van der Waals surface area contributed by atoms with Crippen molar-refractivity contribution in [3.63, 3.8) is 0 Å². The summed E-state index contributed by atoms with van der Waals surface area (Å²) in [5.74, 6) is 0.364. The third kappa shape index (κ3) is 5.21. The molecule has 30 heavy (non-hydrogen) atoms. The van der Waals surface area contributed by atoms with Crippen LogP contribution in [0.4, 0.5) is 0 Å². The minimum Gasteiger partial charge on any atom is -0.497 e. The van der Waals surface area contributed by atoms with Gasteiger partial charge >= 0.3 is 0 Å². The molecule has 9 heteroatoms. The van der Waals surface area contributed by atoms with Gasteiger partial charge in [-0.05, 0) is 49.2 Å². The highest BCUT2D eigenvalue weighted by Crippen LogP contribution is 2.29. The van der Waals surface area contributed by atoms with Gasteiger partial charge in [-0.15, -0.1) is 0 Å². The molecule has 8 nitrogen and oxygen atoms in total. The zero-order valence-electron chi connectivity index (χ0n) is 17.7. The van der Waals surface area contributed by atoms with E-state index in [1.165, 1.54) is 30.7 Å². The molecule has 0 saturated heterocycles. The molecule has 0 atom stereocenters. The van der Waals surface area contributed by atoms with Crippen LogP contribution in [0.3, 0.4) is 0 Å². The average Bonchev–Trinajstić information content (AvgIpc) is 3.50. The van der Waals surface area contributed by atoms with E-state index in [0.29, 0.717) is 12.3 Å². The molecule has 0 unspecified atom stereocenters. The molecule has 1 fully saturated rings. The summed E-state index contributed by atoms with van der Waals surface area (Å²) in [5, 5.41) is 0. The number of hydrogen-bond acceptors (Lipinski definition) is 5. The molecule has 2 aromatic rings. The van der Waals surface area contributed by atoms with Crippen molar-refractivity contribution < 1.29 is 22.7 Å². The van der Waals surface area contributed by atoms with Crippen LogP contribution in [-0.4, -0.2) is 68.1 Å². The second-order valence-electron chi connectivity index (χ2n) is 7.37. The summed E-state index contributed by atoms with van der Waals surface area (Å²) in [7, 11) is 1.10. The summed E-state index contributed by atoms with van der Waals surface area (Å²) >= 11 is 0. The van der Waals surface area contributed by atoms with E-state index in [0.717, 1.165) is 18.5 Å². The van der Waals surface area contributed by atoms with Crippen LogP contribution in [0.2, 0.25) is 0 Å². The molecular formula is C21H29N3O5S. The van der Waals surface area contributed by atoms with Crippen LogP contribution in [0.5, 0.6) is 5.75 Å². The normalized spacial score (nSPS) is 14.1. The van der Waals surface area contributed by atoms with Gasteiger partial charge < -0.3 is 18.9 Å². The van der Waals surface area contributed by atoms with Gasteiger partial charge in [0.1, 0.15) is 5.75 Å². The monoisotopic (exact) mass is 435 g/mol. The van der Waals surface area contributed by atoms with Crippen molar-refractivity contribution in [1.29, 1.82) is 0 Å². The summed E-state index contributed by atoms with van der Waals surface area (Å²) in [4.78, 5) is 15.1. The van der Waals surface area contributed by atoms with Crippen LogP contribution in [0.15, 0.2) is 47.5 Å². The average molecular weight is 436 g/mol. The molecule has 0 bridgehead atoms. The van der Waals surface area contributed by atoms with Crippen molar-refractivity contribution in [2.75, 3.05) is 33.9 Å². The van der Waals surface area contributed by atoms with Gasteiger partial charge in [-0.1, -0.05) is 0 Å². The van der Waals surface area contributed by atoms with Crippen LogP contribution in [0.1, 0.15) is 18.5 Å². The molecule has 1 heterocycles. The van der Waals surface area contributed by atoms with Crippen LogP contribution >= 0.6 is 0 Å². The fraction of sp³-hybridized carbons (Fsp3) is 0.476. The maximum absolute atomic E-state index is 13.2. The third-order valence-electron chi connectivity index (χ3n) is 5.25. The van der Waals surface area contributed by atoms with Crippen molar-refractivity contribution in [3.8, 4) is 5.75 Å². The van der Waals surface area contributed by atoms with E-state index in [9.17, 15) is 13.2 Å². The predicted octanol–water partition coefficient (Wildman–Crippen LogP) is 1.86. The summed E-state index contributed by atoms with van der Waals surface area (Å²) in [6.45, 7) is 0.537. The van der Waals surface area contributed by atoms with Crippen LogP contribution in [0, 0.1) is 0 Å². The van der Waals surface area contributed by atoms with E-state index >= 15 is 0 Å². The summed E-state index contributed by atoms with van der Waals surface area (Å²) in [6.07, 6.45) is 3.82. The Hall–Kier alpha value is -2.36. The topological polar surface area (TPSA) is 81.1 Å². The summed E-state index contributed by atoms with van der Waals surface area (Å²) in [6, 6.07) is 10.2. The highest BCUT2D eigenvalue weighted by atomic mass is 32.2. The Morgan fingerprint density at radius 3 is 2.40 bits per heavy atom. The maximum Gasteiger partial charge on any atom is 0.243 e. The SMILES string of the molecule is COCCN(CC(=O)N(Cc1cccn1C)C1CC1)S(=O)(=O)c1ccc(OC)cc1. The first-order valence-electron chi connectivity index (χ1n) is 9.89. The number of carbonyl (C=O) groups is 1. The van der Waals surface area contributed by atoms with Crippen molar-refractivity contribution in [2.24, 2.45) is 7.05 Å². The molecule has 1 aromatic heterocycles. The van der Waals surface area contributed by atoms with Gasteiger partial charge in [0.15, 0.2) is 0 Å². The first kappa shape index (κ1) is 22.3. The Morgan fingerprint density at radius 1 is 1.17 bits per heavy atom. The summed E-state index contributed by atoms with van der Waals surface area (Å²) in [5.41, 5.74) is 1.01. The van der Waals surface area contributed by atoms with Crippen molar-refractivity contribution in [1.82, 2.24) is 13.8 Å². The molecular weight excluding hydrogens is 406 g/mol. The molecule has 0 spiro atoms. The molecule has 1 aromatic carbocycles. The Balaban J connectivity index is 1.79. The second kappa shape index (κ2) is 9.63.